The van der Waals surface area contributed by atoms with Crippen LogP contribution in [0.15, 0.2) is 0 Å². The highest BCUT2D eigenvalue weighted by Crippen LogP contribution is 2.19. The van der Waals surface area contributed by atoms with Crippen LogP contribution < -0.4 is 5.32 Å². The van der Waals surface area contributed by atoms with Gasteiger partial charge in [0.15, 0.2) is 0 Å². The van der Waals surface area contributed by atoms with Crippen molar-refractivity contribution in [2.24, 2.45) is 5.41 Å². The Morgan fingerprint density at radius 3 is 2.36 bits per heavy atom. The molecule has 0 aromatic heterocycles. The van der Waals surface area contributed by atoms with E-state index in [9.17, 15) is 0 Å². The smallest absolute Gasteiger partial charge is 0.00448 e. The molecule has 1 N–H and O–H groups in total. The zero-order valence-corrected chi connectivity index (χ0v) is 7.98. The van der Waals surface area contributed by atoms with Gasteiger partial charge in [0.2, 0.25) is 0 Å². The fourth-order valence-electron chi connectivity index (χ4n) is 1.68. The van der Waals surface area contributed by atoms with Crippen LogP contribution in [0.5, 0.6) is 0 Å². The fraction of sp³-hybridized carbons (Fsp3) is 1.00. The third-order valence-electron chi connectivity index (χ3n) is 2.26. The van der Waals surface area contributed by atoms with Crippen molar-refractivity contribution in [1.29, 1.82) is 0 Å². The molecule has 2 nitrogen and oxygen atoms in total. The molecule has 0 atom stereocenters. The van der Waals surface area contributed by atoms with Crippen LogP contribution in [-0.4, -0.2) is 38.1 Å². The van der Waals surface area contributed by atoms with Crippen molar-refractivity contribution >= 4 is 0 Å². The molecule has 66 valence electrons. The van der Waals surface area contributed by atoms with E-state index in [4.69, 9.17) is 0 Å². The van der Waals surface area contributed by atoms with Crippen LogP contribution in [0.4, 0.5) is 0 Å². The van der Waals surface area contributed by atoms with E-state index in [1.165, 1.54) is 26.1 Å². The van der Waals surface area contributed by atoms with Crippen LogP contribution in [0.25, 0.3) is 0 Å². The molecule has 0 saturated carbocycles. The molecule has 0 aromatic rings. The maximum atomic E-state index is 3.23. The van der Waals surface area contributed by atoms with E-state index in [0.29, 0.717) is 5.41 Å². The van der Waals surface area contributed by atoms with E-state index in [0.717, 1.165) is 6.54 Å². The summed E-state index contributed by atoms with van der Waals surface area (Å²) < 4.78 is 0. The third kappa shape index (κ3) is 2.80. The largest absolute Gasteiger partial charge is 0.319 e. The standard InChI is InChI=1S/C9H20N2/c1-9(2,7-10-3)8-11-5-4-6-11/h10H,4-8H2,1-3H3. The Balaban J connectivity index is 2.20. The molecular formula is C9H20N2. The first-order chi connectivity index (χ1) is 5.14. The average molecular weight is 156 g/mol. The Kier molecular flexibility index (Phi) is 2.90. The Labute approximate surface area is 70.0 Å². The number of hydrogen-bond donors (Lipinski definition) is 1. The predicted octanol–water partition coefficient (Wildman–Crippen LogP) is 0.938. The molecule has 1 rings (SSSR count). The molecule has 11 heavy (non-hydrogen) atoms. The lowest BCUT2D eigenvalue weighted by Crippen LogP contribution is -2.45. The molecule has 0 bridgehead atoms. The second-order valence-corrected chi connectivity index (χ2v) is 4.32. The number of nitrogens with zero attached hydrogens (tertiary/aromatic N) is 1. The summed E-state index contributed by atoms with van der Waals surface area (Å²) in [5.41, 5.74) is 0.440. The monoisotopic (exact) mass is 156 g/mol. The first-order valence-electron chi connectivity index (χ1n) is 4.51. The van der Waals surface area contributed by atoms with Crippen LogP contribution in [0.1, 0.15) is 20.3 Å². The Bertz CT molecular complexity index is 117. The minimum absolute atomic E-state index is 0.440. The van der Waals surface area contributed by atoms with Gasteiger partial charge in [-0.2, -0.15) is 0 Å². The Morgan fingerprint density at radius 2 is 2.00 bits per heavy atom. The summed E-state index contributed by atoms with van der Waals surface area (Å²) in [7, 11) is 2.03. The van der Waals surface area contributed by atoms with Gasteiger partial charge in [0, 0.05) is 13.1 Å². The zero-order valence-electron chi connectivity index (χ0n) is 7.98. The Morgan fingerprint density at radius 1 is 1.36 bits per heavy atom. The van der Waals surface area contributed by atoms with Crippen molar-refractivity contribution in [3.8, 4) is 0 Å². The highest BCUT2D eigenvalue weighted by atomic mass is 15.2. The van der Waals surface area contributed by atoms with E-state index in [-0.39, 0.29) is 0 Å². The van der Waals surface area contributed by atoms with Crippen molar-refractivity contribution in [2.75, 3.05) is 33.2 Å². The summed E-state index contributed by atoms with van der Waals surface area (Å²) in [6.45, 7) is 9.63. The molecule has 0 amide bonds. The molecule has 0 unspecified atom stereocenters. The lowest BCUT2D eigenvalue weighted by atomic mass is 9.91. The van der Waals surface area contributed by atoms with Crippen LogP contribution in [0, 0.1) is 5.41 Å². The third-order valence-corrected chi connectivity index (χ3v) is 2.26. The SMILES string of the molecule is CNCC(C)(C)CN1CCC1. The van der Waals surface area contributed by atoms with Gasteiger partial charge in [-0.05, 0) is 32.0 Å². The van der Waals surface area contributed by atoms with Gasteiger partial charge in [0.05, 0.1) is 0 Å². The molecule has 1 heterocycles. The van der Waals surface area contributed by atoms with Crippen LogP contribution in [-0.2, 0) is 0 Å². The van der Waals surface area contributed by atoms with Gasteiger partial charge in [0.25, 0.3) is 0 Å². The van der Waals surface area contributed by atoms with Crippen LogP contribution in [0.2, 0.25) is 0 Å². The topological polar surface area (TPSA) is 15.3 Å². The average Bonchev–Trinajstić information content (AvgIpc) is 1.79. The minimum Gasteiger partial charge on any atom is -0.319 e. The molecule has 1 fully saturated rings. The van der Waals surface area contributed by atoms with Gasteiger partial charge in [-0.15, -0.1) is 0 Å². The van der Waals surface area contributed by atoms with Crippen molar-refractivity contribution < 1.29 is 0 Å². The van der Waals surface area contributed by atoms with Gasteiger partial charge in [-0.1, -0.05) is 13.8 Å². The van der Waals surface area contributed by atoms with Crippen LogP contribution in [0.3, 0.4) is 0 Å². The van der Waals surface area contributed by atoms with Crippen molar-refractivity contribution in [3.63, 3.8) is 0 Å². The number of likely N-dealkylation sites (tertiary alicyclic amines) is 1. The summed E-state index contributed by atoms with van der Waals surface area (Å²) in [6, 6.07) is 0. The quantitative estimate of drug-likeness (QED) is 0.651. The normalized spacial score (nSPS) is 19.9. The lowest BCUT2D eigenvalue weighted by molar-refractivity contribution is 0.116. The predicted molar refractivity (Wildman–Crippen MR) is 48.8 cm³/mol. The molecule has 0 radical (unpaired) electrons. The highest BCUT2D eigenvalue weighted by Gasteiger charge is 2.23. The molecule has 0 spiro atoms. The maximum Gasteiger partial charge on any atom is 0.00448 e. The molecule has 2 heteroatoms. The fourth-order valence-corrected chi connectivity index (χ4v) is 1.68. The van der Waals surface area contributed by atoms with Crippen molar-refractivity contribution in [3.05, 3.63) is 0 Å². The van der Waals surface area contributed by atoms with Gasteiger partial charge >= 0.3 is 0 Å². The summed E-state index contributed by atoms with van der Waals surface area (Å²) in [5, 5.41) is 3.23. The molecule has 1 aliphatic heterocycles. The zero-order chi connectivity index (χ0) is 8.32. The lowest BCUT2D eigenvalue weighted by Gasteiger charge is -2.37. The maximum absolute atomic E-state index is 3.23. The Hall–Kier alpha value is -0.0800. The number of rotatable bonds is 4. The van der Waals surface area contributed by atoms with Gasteiger partial charge in [-0.25, -0.2) is 0 Å². The molecule has 1 saturated heterocycles. The summed E-state index contributed by atoms with van der Waals surface area (Å²) >= 11 is 0. The van der Waals surface area contributed by atoms with Crippen LogP contribution >= 0.6 is 0 Å². The second kappa shape index (κ2) is 3.55. The van der Waals surface area contributed by atoms with E-state index in [1.54, 1.807) is 0 Å². The van der Waals surface area contributed by atoms with Gasteiger partial charge in [-0.3, -0.25) is 0 Å². The van der Waals surface area contributed by atoms with Gasteiger partial charge < -0.3 is 10.2 Å². The minimum atomic E-state index is 0.440. The summed E-state index contributed by atoms with van der Waals surface area (Å²) in [4.78, 5) is 2.53. The van der Waals surface area contributed by atoms with E-state index >= 15 is 0 Å². The van der Waals surface area contributed by atoms with E-state index in [2.05, 4.69) is 24.1 Å². The van der Waals surface area contributed by atoms with Crippen molar-refractivity contribution in [2.45, 2.75) is 20.3 Å². The van der Waals surface area contributed by atoms with Gasteiger partial charge in [0.1, 0.15) is 0 Å². The second-order valence-electron chi connectivity index (χ2n) is 4.32. The molecule has 0 aromatic carbocycles. The first kappa shape index (κ1) is 9.01. The van der Waals surface area contributed by atoms with E-state index in [1.807, 2.05) is 7.05 Å². The van der Waals surface area contributed by atoms with Crippen molar-refractivity contribution in [1.82, 2.24) is 10.2 Å². The molecule has 0 aliphatic carbocycles. The summed E-state index contributed by atoms with van der Waals surface area (Å²) in [6.07, 6.45) is 1.40. The highest BCUT2D eigenvalue weighted by molar-refractivity contribution is 4.79. The molecule has 1 aliphatic rings. The molecular weight excluding hydrogens is 136 g/mol. The summed E-state index contributed by atoms with van der Waals surface area (Å²) in [5.74, 6) is 0. The number of nitrogens with one attached hydrogen (secondary N) is 1. The first-order valence-corrected chi connectivity index (χ1v) is 4.51. The van der Waals surface area contributed by atoms with E-state index < -0.39 is 0 Å². The number of hydrogen-bond acceptors (Lipinski definition) is 2.